The van der Waals surface area contributed by atoms with Crippen molar-refractivity contribution in [3.8, 4) is 16.9 Å². The number of fused-ring (bicyclic) bond motifs is 1. The second kappa shape index (κ2) is 11.5. The van der Waals surface area contributed by atoms with E-state index in [0.717, 1.165) is 46.9 Å². The Bertz CT molecular complexity index is 1200. The molecule has 6 nitrogen and oxygen atoms in total. The molecule has 1 amide bonds. The van der Waals surface area contributed by atoms with Gasteiger partial charge in [0.15, 0.2) is 0 Å². The van der Waals surface area contributed by atoms with Crippen LogP contribution >= 0.6 is 0 Å². The Labute approximate surface area is 215 Å². The molecule has 37 heavy (non-hydrogen) atoms. The van der Waals surface area contributed by atoms with E-state index in [4.69, 9.17) is 4.74 Å². The summed E-state index contributed by atoms with van der Waals surface area (Å²) in [5.74, 6) is -0.284. The van der Waals surface area contributed by atoms with Gasteiger partial charge in [-0.15, -0.1) is 13.2 Å². The molecule has 1 aliphatic rings. The van der Waals surface area contributed by atoms with Gasteiger partial charge in [0, 0.05) is 34.7 Å². The molecule has 202 valence electrons. The number of alkyl halides is 3. The fraction of sp³-hybridized carbons (Fsp3) is 0.464. The average Bonchev–Trinajstić information content (AvgIpc) is 3.42. The Morgan fingerprint density at radius 2 is 1.76 bits per heavy atom. The van der Waals surface area contributed by atoms with Gasteiger partial charge < -0.3 is 24.5 Å². The monoisotopic (exact) mass is 520 g/mol. The van der Waals surface area contributed by atoms with E-state index in [1.807, 2.05) is 59.0 Å². The molecule has 1 saturated carbocycles. The van der Waals surface area contributed by atoms with Gasteiger partial charge >= 0.3 is 12.5 Å². The zero-order valence-corrected chi connectivity index (χ0v) is 21.9. The average molecular weight is 521 g/mol. The number of carbonyl (C=O) groups excluding carboxylic acids is 1. The summed E-state index contributed by atoms with van der Waals surface area (Å²) in [6, 6.07) is 11.6. The van der Waals surface area contributed by atoms with Crippen LogP contribution in [0.2, 0.25) is 0 Å². The Hall–Kier alpha value is -3.20. The highest BCUT2D eigenvalue weighted by molar-refractivity contribution is 5.96. The number of nitrogens with one attached hydrogen (secondary N) is 1. The zero-order chi connectivity index (χ0) is 27.4. The van der Waals surface area contributed by atoms with Crippen LogP contribution in [0.1, 0.15) is 65.5 Å². The minimum atomic E-state index is -4.75. The number of halogens is 3. The van der Waals surface area contributed by atoms with Crippen molar-refractivity contribution >= 4 is 17.0 Å². The summed E-state index contributed by atoms with van der Waals surface area (Å²) >= 11 is 0. The minimum Gasteiger partial charge on any atom is -0.444 e. The van der Waals surface area contributed by atoms with Gasteiger partial charge in [-0.1, -0.05) is 32.0 Å². The summed E-state index contributed by atoms with van der Waals surface area (Å²) in [6.45, 7) is 9.34. The lowest BCUT2D eigenvalue weighted by atomic mass is 10.0. The fourth-order valence-electron chi connectivity index (χ4n) is 4.58. The highest BCUT2D eigenvalue weighted by atomic mass is 19.4. The number of aromatic nitrogens is 1. The second-order valence-corrected chi connectivity index (χ2v) is 9.84. The molecule has 4 rings (SSSR count). The summed E-state index contributed by atoms with van der Waals surface area (Å²) in [5, 5.41) is 13.5. The summed E-state index contributed by atoms with van der Waals surface area (Å²) in [6.07, 6.45) is -0.815. The normalized spacial score (nSPS) is 17.8. The lowest BCUT2D eigenvalue weighted by Crippen LogP contribution is -2.38. The van der Waals surface area contributed by atoms with E-state index < -0.39 is 18.1 Å². The number of alkyl carbamates (subject to hydrolysis) is 1. The maximum Gasteiger partial charge on any atom is 0.573 e. The lowest BCUT2D eigenvalue weighted by molar-refractivity contribution is -0.274. The van der Waals surface area contributed by atoms with E-state index in [1.54, 1.807) is 12.1 Å². The van der Waals surface area contributed by atoms with Crippen molar-refractivity contribution in [2.45, 2.75) is 84.5 Å². The third-order valence-corrected chi connectivity index (χ3v) is 6.00. The van der Waals surface area contributed by atoms with E-state index >= 15 is 0 Å². The first kappa shape index (κ1) is 28.4. The smallest absolute Gasteiger partial charge is 0.444 e. The number of hydrogen-bond acceptors (Lipinski definition) is 4. The van der Waals surface area contributed by atoms with Crippen molar-refractivity contribution in [3.05, 3.63) is 54.2 Å². The standard InChI is InChI=1S/C26H29F3N2O4.C2H6/c1-25(2,3)35-24(33)30-18-7-8-19(13-18)31-14-22(21-12-16(15-32)4-11-23(21)31)17-5-9-20(10-6-17)34-26(27,28)29;1-2/h4-6,9-12,14,18-19,32H,7-8,13,15H2,1-3H3,(H,30,33);1-2H3. The van der Waals surface area contributed by atoms with E-state index in [0.29, 0.717) is 0 Å². The summed E-state index contributed by atoms with van der Waals surface area (Å²) in [4.78, 5) is 12.2. The van der Waals surface area contributed by atoms with Gasteiger partial charge in [-0.2, -0.15) is 0 Å². The van der Waals surface area contributed by atoms with Crippen LogP contribution in [0.5, 0.6) is 5.75 Å². The molecule has 0 spiro atoms. The molecule has 3 aromatic rings. The van der Waals surface area contributed by atoms with Gasteiger partial charge in [-0.25, -0.2) is 4.79 Å². The number of hydrogen-bond donors (Lipinski definition) is 2. The second-order valence-electron chi connectivity index (χ2n) is 9.84. The largest absolute Gasteiger partial charge is 0.573 e. The highest BCUT2D eigenvalue weighted by Gasteiger charge is 2.32. The molecule has 0 saturated heterocycles. The van der Waals surface area contributed by atoms with Gasteiger partial charge in [0.2, 0.25) is 0 Å². The SMILES string of the molecule is CC.CC(C)(C)OC(=O)NC1CCC(n2cc(-c3ccc(OC(F)(F)F)cc3)c3cc(CO)ccc32)C1. The molecule has 1 heterocycles. The molecule has 0 radical (unpaired) electrons. The van der Waals surface area contributed by atoms with E-state index in [1.165, 1.54) is 12.1 Å². The maximum absolute atomic E-state index is 12.5. The van der Waals surface area contributed by atoms with Crippen LogP contribution < -0.4 is 10.1 Å². The maximum atomic E-state index is 12.5. The third kappa shape index (κ3) is 7.41. The van der Waals surface area contributed by atoms with Crippen LogP contribution in [-0.4, -0.2) is 33.8 Å². The number of ether oxygens (including phenoxy) is 2. The molecule has 1 aliphatic carbocycles. The Kier molecular flexibility index (Phi) is 8.79. The van der Waals surface area contributed by atoms with Crippen molar-refractivity contribution in [2.75, 3.05) is 0 Å². The predicted octanol–water partition coefficient (Wildman–Crippen LogP) is 7.34. The first-order chi connectivity index (χ1) is 17.4. The van der Waals surface area contributed by atoms with Crippen molar-refractivity contribution in [1.82, 2.24) is 9.88 Å². The minimum absolute atomic E-state index is 0.0220. The van der Waals surface area contributed by atoms with Gasteiger partial charge in [0.05, 0.1) is 6.61 Å². The van der Waals surface area contributed by atoms with Crippen molar-refractivity contribution in [2.24, 2.45) is 0 Å². The molecule has 2 unspecified atom stereocenters. The Balaban J connectivity index is 0.00000186. The van der Waals surface area contributed by atoms with Crippen molar-refractivity contribution in [3.63, 3.8) is 0 Å². The molecule has 0 aliphatic heterocycles. The van der Waals surface area contributed by atoms with E-state index in [-0.39, 0.29) is 24.4 Å². The number of amides is 1. The van der Waals surface area contributed by atoms with Crippen LogP contribution in [-0.2, 0) is 11.3 Å². The molecule has 1 fully saturated rings. The highest BCUT2D eigenvalue weighted by Crippen LogP contribution is 2.39. The topological polar surface area (TPSA) is 72.7 Å². The van der Waals surface area contributed by atoms with Gasteiger partial charge in [-0.05, 0) is 75.4 Å². The molecule has 2 N–H and O–H groups in total. The zero-order valence-electron chi connectivity index (χ0n) is 21.9. The number of benzene rings is 2. The van der Waals surface area contributed by atoms with Crippen LogP contribution in [0.15, 0.2) is 48.7 Å². The number of aliphatic hydroxyl groups excluding tert-OH is 1. The molecule has 9 heteroatoms. The van der Waals surface area contributed by atoms with Crippen molar-refractivity contribution in [1.29, 1.82) is 0 Å². The van der Waals surface area contributed by atoms with Gasteiger partial charge in [-0.3, -0.25) is 0 Å². The molecule has 2 atom stereocenters. The van der Waals surface area contributed by atoms with Crippen LogP contribution in [0.3, 0.4) is 0 Å². The number of nitrogens with zero attached hydrogens (tertiary/aromatic N) is 1. The predicted molar refractivity (Wildman–Crippen MR) is 137 cm³/mol. The fourth-order valence-corrected chi connectivity index (χ4v) is 4.58. The number of aliphatic hydroxyl groups is 1. The molecule has 1 aromatic heterocycles. The third-order valence-electron chi connectivity index (χ3n) is 6.00. The van der Waals surface area contributed by atoms with Crippen LogP contribution in [0.25, 0.3) is 22.0 Å². The summed E-state index contributed by atoms with van der Waals surface area (Å²) in [7, 11) is 0. The van der Waals surface area contributed by atoms with Gasteiger partial charge in [0.1, 0.15) is 11.4 Å². The Morgan fingerprint density at radius 3 is 2.35 bits per heavy atom. The molecular formula is C28H35F3N2O4. The first-order valence-corrected chi connectivity index (χ1v) is 12.5. The van der Waals surface area contributed by atoms with E-state index in [9.17, 15) is 23.1 Å². The lowest BCUT2D eigenvalue weighted by Gasteiger charge is -2.22. The summed E-state index contributed by atoms with van der Waals surface area (Å²) < 4.78 is 49.1. The Morgan fingerprint density at radius 1 is 1.08 bits per heavy atom. The molecule has 0 bridgehead atoms. The molecule has 2 aromatic carbocycles. The van der Waals surface area contributed by atoms with Gasteiger partial charge in [0.25, 0.3) is 0 Å². The number of rotatable bonds is 5. The van der Waals surface area contributed by atoms with Crippen molar-refractivity contribution < 1.29 is 32.5 Å². The first-order valence-electron chi connectivity index (χ1n) is 12.5. The quantitative estimate of drug-likeness (QED) is 0.369. The van der Waals surface area contributed by atoms with E-state index in [2.05, 4.69) is 14.6 Å². The van der Waals surface area contributed by atoms with Crippen LogP contribution in [0.4, 0.5) is 18.0 Å². The summed E-state index contributed by atoms with van der Waals surface area (Å²) in [5.41, 5.74) is 2.70. The number of carbonyl (C=O) groups is 1. The van der Waals surface area contributed by atoms with Crippen LogP contribution in [0, 0.1) is 0 Å². The molecular weight excluding hydrogens is 485 g/mol.